The fourth-order valence-electron chi connectivity index (χ4n) is 9.64. The van der Waals surface area contributed by atoms with Gasteiger partial charge in [0.15, 0.2) is 23.5 Å². The van der Waals surface area contributed by atoms with Gasteiger partial charge in [0.1, 0.15) is 24.2 Å². The molecule has 3 heterocycles. The number of ketones is 2. The zero-order chi connectivity index (χ0) is 55.3. The second-order valence-corrected chi connectivity index (χ2v) is 19.1. The Labute approximate surface area is 441 Å². The Bertz CT molecular complexity index is 2400. The van der Waals surface area contributed by atoms with Crippen LogP contribution >= 0.6 is 0 Å². The number of amides is 9. The number of rotatable bonds is 27. The molecule has 26 heteroatoms. The first-order valence-electron chi connectivity index (χ1n) is 25.6. The molecular formula is C50H74N16O10. The first-order chi connectivity index (χ1) is 36.4. The van der Waals surface area contributed by atoms with Gasteiger partial charge >= 0.3 is 12.1 Å². The van der Waals surface area contributed by atoms with Gasteiger partial charge in [-0.25, -0.2) is 15.4 Å². The minimum atomic E-state index is -1.53. The van der Waals surface area contributed by atoms with Crippen LogP contribution in [0.1, 0.15) is 68.9 Å². The normalized spacial score (nSPS) is 18.1. The number of benzene rings is 2. The van der Waals surface area contributed by atoms with Crippen molar-refractivity contribution in [3.05, 3.63) is 71.8 Å². The molecule has 16 N–H and O–H groups in total. The first-order valence-corrected chi connectivity index (χ1v) is 25.6. The smallest absolute Gasteiger partial charge is 0.334 e. The van der Waals surface area contributed by atoms with Gasteiger partial charge in [-0.2, -0.15) is 0 Å². The zero-order valence-corrected chi connectivity index (χ0v) is 42.8. The number of nitrogens with two attached hydrogens (primary N) is 6. The van der Waals surface area contributed by atoms with Crippen LogP contribution in [-0.2, 0) is 46.4 Å². The predicted molar refractivity (Wildman–Crippen MR) is 280 cm³/mol. The van der Waals surface area contributed by atoms with Crippen LogP contribution in [0, 0.1) is 5.92 Å². The van der Waals surface area contributed by atoms with Gasteiger partial charge in [-0.15, -0.1) is 0 Å². The minimum absolute atomic E-state index is 0.0474. The van der Waals surface area contributed by atoms with Crippen LogP contribution in [0.4, 0.5) is 9.59 Å². The summed E-state index contributed by atoms with van der Waals surface area (Å²) in [5, 5.41) is 19.6. The lowest BCUT2D eigenvalue weighted by Crippen LogP contribution is -2.57. The predicted octanol–water partition coefficient (Wildman–Crippen LogP) is -2.86. The van der Waals surface area contributed by atoms with Gasteiger partial charge in [0, 0.05) is 58.2 Å². The van der Waals surface area contributed by atoms with E-state index in [4.69, 9.17) is 34.5 Å². The van der Waals surface area contributed by atoms with Gasteiger partial charge in [0.25, 0.3) is 0 Å². The van der Waals surface area contributed by atoms with Crippen LogP contribution in [0.5, 0.6) is 0 Å². The summed E-state index contributed by atoms with van der Waals surface area (Å²) in [5.41, 5.74) is 28.5. The molecule has 0 aromatic heterocycles. The first kappa shape index (κ1) is 59.0. The maximum atomic E-state index is 14.2. The quantitative estimate of drug-likeness (QED) is 0.0108. The van der Waals surface area contributed by atoms with Crippen molar-refractivity contribution in [1.29, 1.82) is 0 Å². The van der Waals surface area contributed by atoms with Crippen molar-refractivity contribution in [2.24, 2.45) is 50.4 Å². The Kier molecular flexibility index (Phi) is 22.7. The molecule has 3 aliphatic rings. The van der Waals surface area contributed by atoms with E-state index in [9.17, 15) is 48.3 Å². The molecule has 0 spiro atoms. The van der Waals surface area contributed by atoms with Crippen molar-refractivity contribution in [2.45, 2.75) is 101 Å². The molecule has 0 saturated carbocycles. The fraction of sp³-hybridized carbons (Fsp3) is 0.540. The lowest BCUT2D eigenvalue weighted by Gasteiger charge is -2.32. The van der Waals surface area contributed by atoms with E-state index in [0.29, 0.717) is 62.6 Å². The second-order valence-electron chi connectivity index (χ2n) is 19.1. The molecular weight excluding hydrogens is 985 g/mol. The van der Waals surface area contributed by atoms with Gasteiger partial charge in [0.2, 0.25) is 29.5 Å². The van der Waals surface area contributed by atoms with Crippen molar-refractivity contribution in [1.82, 2.24) is 40.6 Å². The number of aliphatic imine (C=N–C) groups is 2. The second kappa shape index (κ2) is 29.3. The van der Waals surface area contributed by atoms with Crippen molar-refractivity contribution in [3.63, 3.8) is 0 Å². The Morgan fingerprint density at radius 3 is 1.78 bits per heavy atom. The number of urea groups is 2. The molecule has 26 nitrogen and oxygen atoms in total. The molecule has 3 saturated heterocycles. The number of aliphatic hydroxyl groups is 1. The number of hydrazine groups is 1. The van der Waals surface area contributed by atoms with Crippen molar-refractivity contribution in [3.8, 4) is 0 Å². The standard InChI is InChI=1S/C50H74N16O10/c51-47(52)57-19-10-21-62(49(55)75)30-41(69)36(27-33-14-5-2-6-15-33)60-44(72)39-17-8-22-63(39)45(73)37(31-67)61-42(70)34(26-32-12-3-1-4-13-32)28-35(68)29-59-43(71)38-16-7-23-64(38)46(74)40-18-9-24-65(40)50(76)66(56)25-11-20-58-48(53)54/h1-6,12-15,34,36-40,67H,7-11,16-31,56H2,(H2,55,75)(H,59,71)(H,60,72)(H,61,70)(H4,51,52,57)(H4,53,54,58)/t34-,36+,37+,38+,39+,40+/m1/s1. The summed E-state index contributed by atoms with van der Waals surface area (Å²) in [7, 11) is 0. The van der Waals surface area contributed by atoms with Gasteiger partial charge < -0.3 is 69.3 Å². The van der Waals surface area contributed by atoms with Gasteiger partial charge in [-0.3, -0.25) is 48.6 Å². The average Bonchev–Trinajstić information content (AvgIpc) is 4.21. The highest BCUT2D eigenvalue weighted by atomic mass is 16.3. The van der Waals surface area contributed by atoms with Crippen molar-refractivity contribution in [2.75, 3.05) is 65.5 Å². The number of likely N-dealkylation sites (tertiary alicyclic amines) is 3. The largest absolute Gasteiger partial charge is 0.394 e. The van der Waals surface area contributed by atoms with Crippen LogP contribution < -0.4 is 50.5 Å². The highest BCUT2D eigenvalue weighted by Gasteiger charge is 2.44. The van der Waals surface area contributed by atoms with E-state index in [0.717, 1.165) is 9.91 Å². The van der Waals surface area contributed by atoms with Crippen LogP contribution in [-0.4, -0.2) is 191 Å². The average molecular weight is 1060 g/mol. The summed E-state index contributed by atoms with van der Waals surface area (Å²) >= 11 is 0. The number of hydrogen-bond donors (Lipinski definition) is 10. The van der Waals surface area contributed by atoms with E-state index in [1.54, 1.807) is 60.7 Å². The molecule has 2 aromatic rings. The lowest BCUT2D eigenvalue weighted by molar-refractivity contribution is -0.143. The number of carbonyl (C=O) groups excluding carboxylic acids is 9. The van der Waals surface area contributed by atoms with Gasteiger partial charge in [-0.05, 0) is 75.3 Å². The fourth-order valence-corrected chi connectivity index (χ4v) is 9.64. The number of hydrogen-bond acceptors (Lipinski definition) is 13. The number of Topliss-reactive ketones (excluding diaryl/α,β-unsaturated/α-hetero) is 2. The zero-order valence-electron chi connectivity index (χ0n) is 42.8. The Morgan fingerprint density at radius 2 is 1.20 bits per heavy atom. The molecule has 0 radical (unpaired) electrons. The lowest BCUT2D eigenvalue weighted by atomic mass is 9.93. The Morgan fingerprint density at radius 1 is 0.658 bits per heavy atom. The molecule has 0 bridgehead atoms. The number of carbonyl (C=O) groups is 9. The topological polar surface area (TPSA) is 407 Å². The van der Waals surface area contributed by atoms with E-state index < -0.39 is 109 Å². The monoisotopic (exact) mass is 1060 g/mol. The van der Waals surface area contributed by atoms with E-state index in [1.807, 2.05) is 0 Å². The van der Waals surface area contributed by atoms with Crippen molar-refractivity contribution < 1.29 is 48.3 Å². The molecule has 9 amide bonds. The molecule has 3 fully saturated rings. The van der Waals surface area contributed by atoms with E-state index in [2.05, 4.69) is 25.9 Å². The van der Waals surface area contributed by atoms with Gasteiger partial charge in [0.05, 0.1) is 25.7 Å². The molecule has 5 rings (SSSR count). The Hall–Kier alpha value is -7.87. The van der Waals surface area contributed by atoms with Crippen LogP contribution in [0.15, 0.2) is 70.6 Å². The molecule has 6 atom stereocenters. The highest BCUT2D eigenvalue weighted by molar-refractivity contribution is 5.98. The summed E-state index contributed by atoms with van der Waals surface area (Å²) < 4.78 is 0. The third kappa shape index (κ3) is 17.4. The summed E-state index contributed by atoms with van der Waals surface area (Å²) in [4.78, 5) is 136. The molecule has 2 aromatic carbocycles. The molecule has 414 valence electrons. The number of nitrogens with zero attached hydrogens (tertiary/aromatic N) is 7. The maximum absolute atomic E-state index is 14.2. The molecule has 76 heavy (non-hydrogen) atoms. The molecule has 0 unspecified atom stereocenters. The Balaban J connectivity index is 1.21. The third-order valence-electron chi connectivity index (χ3n) is 13.5. The van der Waals surface area contributed by atoms with Crippen LogP contribution in [0.3, 0.4) is 0 Å². The van der Waals surface area contributed by atoms with E-state index in [-0.39, 0.29) is 76.9 Å². The van der Waals surface area contributed by atoms with E-state index >= 15 is 0 Å². The summed E-state index contributed by atoms with van der Waals surface area (Å²) in [6, 6.07) is 10.7. The number of aliphatic hydroxyl groups excluding tert-OH is 1. The molecule has 0 aliphatic carbocycles. The third-order valence-corrected chi connectivity index (χ3v) is 13.5. The maximum Gasteiger partial charge on any atom is 0.334 e. The summed E-state index contributed by atoms with van der Waals surface area (Å²) in [6.45, 7) is -0.499. The van der Waals surface area contributed by atoms with Crippen LogP contribution in [0.25, 0.3) is 0 Å². The summed E-state index contributed by atoms with van der Waals surface area (Å²) in [5.74, 6) is 0.541. The van der Waals surface area contributed by atoms with Crippen molar-refractivity contribution >= 4 is 65.1 Å². The van der Waals surface area contributed by atoms with E-state index in [1.165, 1.54) is 14.7 Å². The molecule has 3 aliphatic heterocycles. The number of primary amides is 1. The van der Waals surface area contributed by atoms with Gasteiger partial charge in [-0.1, -0.05) is 60.7 Å². The minimum Gasteiger partial charge on any atom is -0.394 e. The SMILES string of the molecule is NC(=O)N(CCCN=C(N)N)CC(=O)[C@H](Cc1ccccc1)NC(=O)[C@@H]1CCCN1C(=O)[C@H](CO)NC(=O)[C@@H](CC(=O)CNC(=O)[C@@H]1CCCN1C(=O)[C@@H]1CCCN1C(=O)N(N)CCCN=C(N)N)Cc1ccccc1. The number of guanidine groups is 2. The number of nitrogens with one attached hydrogen (secondary N) is 3. The highest BCUT2D eigenvalue weighted by Crippen LogP contribution is 2.26. The summed E-state index contributed by atoms with van der Waals surface area (Å²) in [6.07, 6.45) is 2.75. The van der Waals surface area contributed by atoms with Crippen LogP contribution in [0.2, 0.25) is 0 Å².